The second-order valence-electron chi connectivity index (χ2n) is 6.32. The van der Waals surface area contributed by atoms with E-state index in [1.807, 2.05) is 18.2 Å². The largest absolute Gasteiger partial charge is 0.489 e. The zero-order chi connectivity index (χ0) is 15.3. The molecular weight excluding hydrogens is 260 g/mol. The van der Waals surface area contributed by atoms with Crippen molar-refractivity contribution in [1.29, 1.82) is 0 Å². The van der Waals surface area contributed by atoms with Crippen LogP contribution in [0.15, 0.2) is 48.5 Å². The monoisotopic (exact) mass is 284 g/mol. The highest BCUT2D eigenvalue weighted by molar-refractivity contribution is 5.31. The molecule has 0 radical (unpaired) electrons. The number of hydrogen-bond donors (Lipinski definition) is 0. The van der Waals surface area contributed by atoms with Crippen LogP contribution in [0.25, 0.3) is 0 Å². The molecule has 0 atom stereocenters. The van der Waals surface area contributed by atoms with Gasteiger partial charge in [-0.1, -0.05) is 57.2 Å². The van der Waals surface area contributed by atoms with Crippen LogP contribution in [0.3, 0.4) is 0 Å². The van der Waals surface area contributed by atoms with Crippen molar-refractivity contribution in [2.75, 3.05) is 7.11 Å². The van der Waals surface area contributed by atoms with Gasteiger partial charge < -0.3 is 9.47 Å². The third kappa shape index (κ3) is 4.61. The molecule has 2 aromatic rings. The zero-order valence-electron chi connectivity index (χ0n) is 13.3. The van der Waals surface area contributed by atoms with Crippen LogP contribution < -0.4 is 4.74 Å². The summed E-state index contributed by atoms with van der Waals surface area (Å²) < 4.78 is 11.0. The Morgan fingerprint density at radius 3 is 2.05 bits per heavy atom. The predicted octanol–water partition coefficient (Wildman–Crippen LogP) is 4.71. The standard InChI is InChI=1S/C19H24O2/c1-19(2,3)17-8-10-18(11-9-17)21-14-16-7-5-6-15(12-16)13-20-4/h5-12H,13-14H2,1-4H3. The Labute approximate surface area is 127 Å². The van der Waals surface area contributed by atoms with Crippen LogP contribution in [-0.2, 0) is 23.4 Å². The highest BCUT2D eigenvalue weighted by Gasteiger charge is 2.12. The third-order valence-corrected chi connectivity index (χ3v) is 3.43. The van der Waals surface area contributed by atoms with Crippen LogP contribution in [0.2, 0.25) is 0 Å². The molecule has 0 aliphatic carbocycles. The fourth-order valence-electron chi connectivity index (χ4n) is 2.19. The molecule has 0 amide bonds. The molecule has 0 aliphatic heterocycles. The maximum Gasteiger partial charge on any atom is 0.119 e. The minimum absolute atomic E-state index is 0.174. The molecule has 0 saturated heterocycles. The summed E-state index contributed by atoms with van der Waals surface area (Å²) in [6.07, 6.45) is 0. The van der Waals surface area contributed by atoms with Crippen molar-refractivity contribution in [2.45, 2.75) is 39.4 Å². The predicted molar refractivity (Wildman–Crippen MR) is 86.6 cm³/mol. The van der Waals surface area contributed by atoms with E-state index in [-0.39, 0.29) is 5.41 Å². The van der Waals surface area contributed by atoms with Crippen LogP contribution in [0, 0.1) is 0 Å². The highest BCUT2D eigenvalue weighted by atomic mass is 16.5. The lowest BCUT2D eigenvalue weighted by molar-refractivity contribution is 0.184. The molecular formula is C19H24O2. The van der Waals surface area contributed by atoms with Crippen LogP contribution in [0.1, 0.15) is 37.5 Å². The minimum Gasteiger partial charge on any atom is -0.489 e. The molecule has 2 nitrogen and oxygen atoms in total. The molecule has 0 fully saturated rings. The van der Waals surface area contributed by atoms with E-state index in [1.165, 1.54) is 11.1 Å². The SMILES string of the molecule is COCc1cccc(COc2ccc(C(C)(C)C)cc2)c1. The first-order chi connectivity index (χ1) is 9.99. The highest BCUT2D eigenvalue weighted by Crippen LogP contribution is 2.24. The topological polar surface area (TPSA) is 18.5 Å². The van der Waals surface area contributed by atoms with Gasteiger partial charge in [0.25, 0.3) is 0 Å². The molecule has 2 heteroatoms. The van der Waals surface area contributed by atoms with Gasteiger partial charge in [0.2, 0.25) is 0 Å². The Morgan fingerprint density at radius 1 is 0.857 bits per heavy atom. The number of methoxy groups -OCH3 is 1. The summed E-state index contributed by atoms with van der Waals surface area (Å²) >= 11 is 0. The summed E-state index contributed by atoms with van der Waals surface area (Å²) in [5, 5.41) is 0. The van der Waals surface area contributed by atoms with Gasteiger partial charge in [0, 0.05) is 7.11 Å². The van der Waals surface area contributed by atoms with E-state index in [1.54, 1.807) is 7.11 Å². The van der Waals surface area contributed by atoms with Gasteiger partial charge in [0.15, 0.2) is 0 Å². The Balaban J connectivity index is 1.98. The fraction of sp³-hybridized carbons (Fsp3) is 0.368. The molecule has 0 aromatic heterocycles. The maximum atomic E-state index is 5.85. The first-order valence-electron chi connectivity index (χ1n) is 7.29. The van der Waals surface area contributed by atoms with Gasteiger partial charge in [0.1, 0.15) is 12.4 Å². The number of ether oxygens (including phenoxy) is 2. The van der Waals surface area contributed by atoms with Crippen molar-refractivity contribution >= 4 is 0 Å². The van der Waals surface area contributed by atoms with E-state index >= 15 is 0 Å². The molecule has 0 bridgehead atoms. The maximum absolute atomic E-state index is 5.85. The van der Waals surface area contributed by atoms with Crippen molar-refractivity contribution in [3.05, 3.63) is 65.2 Å². The second kappa shape index (κ2) is 6.77. The van der Waals surface area contributed by atoms with E-state index in [0.29, 0.717) is 13.2 Å². The van der Waals surface area contributed by atoms with E-state index < -0.39 is 0 Å². The number of hydrogen-bond acceptors (Lipinski definition) is 2. The average molecular weight is 284 g/mol. The van der Waals surface area contributed by atoms with Crippen molar-refractivity contribution in [1.82, 2.24) is 0 Å². The third-order valence-electron chi connectivity index (χ3n) is 3.43. The summed E-state index contributed by atoms with van der Waals surface area (Å²) in [7, 11) is 1.71. The molecule has 0 unspecified atom stereocenters. The minimum atomic E-state index is 0.174. The van der Waals surface area contributed by atoms with E-state index in [2.05, 4.69) is 51.1 Å². The van der Waals surface area contributed by atoms with Crippen molar-refractivity contribution < 1.29 is 9.47 Å². The lowest BCUT2D eigenvalue weighted by Gasteiger charge is -2.19. The van der Waals surface area contributed by atoms with Gasteiger partial charge in [-0.3, -0.25) is 0 Å². The smallest absolute Gasteiger partial charge is 0.119 e. The summed E-state index contributed by atoms with van der Waals surface area (Å²) in [6, 6.07) is 16.6. The van der Waals surface area contributed by atoms with Crippen LogP contribution in [0.4, 0.5) is 0 Å². The molecule has 0 spiro atoms. The molecule has 0 saturated carbocycles. The first kappa shape index (κ1) is 15.6. The number of rotatable bonds is 5. The average Bonchev–Trinajstić information content (AvgIpc) is 2.45. The number of benzene rings is 2. The molecule has 2 aromatic carbocycles. The van der Waals surface area contributed by atoms with Crippen LogP contribution in [-0.4, -0.2) is 7.11 Å². The summed E-state index contributed by atoms with van der Waals surface area (Å²) in [6.45, 7) is 7.85. The second-order valence-corrected chi connectivity index (χ2v) is 6.32. The fourth-order valence-corrected chi connectivity index (χ4v) is 2.19. The van der Waals surface area contributed by atoms with Gasteiger partial charge in [-0.2, -0.15) is 0 Å². The summed E-state index contributed by atoms with van der Waals surface area (Å²) in [4.78, 5) is 0. The van der Waals surface area contributed by atoms with Crippen LogP contribution >= 0.6 is 0 Å². The summed E-state index contributed by atoms with van der Waals surface area (Å²) in [5.74, 6) is 0.903. The molecule has 0 heterocycles. The van der Waals surface area contributed by atoms with Gasteiger partial charge in [-0.25, -0.2) is 0 Å². The van der Waals surface area contributed by atoms with Gasteiger partial charge in [0.05, 0.1) is 6.61 Å². The van der Waals surface area contributed by atoms with Crippen LogP contribution in [0.5, 0.6) is 5.75 Å². The molecule has 21 heavy (non-hydrogen) atoms. The Morgan fingerprint density at radius 2 is 1.48 bits per heavy atom. The normalized spacial score (nSPS) is 11.4. The molecule has 0 aliphatic rings. The van der Waals surface area contributed by atoms with Crippen molar-refractivity contribution in [3.63, 3.8) is 0 Å². The van der Waals surface area contributed by atoms with Gasteiger partial charge in [-0.15, -0.1) is 0 Å². The lowest BCUT2D eigenvalue weighted by atomic mass is 9.87. The summed E-state index contributed by atoms with van der Waals surface area (Å²) in [5.41, 5.74) is 3.82. The first-order valence-corrected chi connectivity index (χ1v) is 7.29. The Bertz CT molecular complexity index is 565. The van der Waals surface area contributed by atoms with E-state index in [4.69, 9.17) is 9.47 Å². The van der Waals surface area contributed by atoms with Crippen molar-refractivity contribution in [3.8, 4) is 5.75 Å². The lowest BCUT2D eigenvalue weighted by Crippen LogP contribution is -2.10. The molecule has 112 valence electrons. The van der Waals surface area contributed by atoms with E-state index in [9.17, 15) is 0 Å². The molecule has 0 N–H and O–H groups in total. The van der Waals surface area contributed by atoms with E-state index in [0.717, 1.165) is 11.3 Å². The molecule has 2 rings (SSSR count). The quantitative estimate of drug-likeness (QED) is 0.791. The van der Waals surface area contributed by atoms with Gasteiger partial charge >= 0.3 is 0 Å². The van der Waals surface area contributed by atoms with Crippen molar-refractivity contribution in [2.24, 2.45) is 0 Å². The Hall–Kier alpha value is -1.80. The Kier molecular flexibility index (Phi) is 5.03. The zero-order valence-corrected chi connectivity index (χ0v) is 13.3. The van der Waals surface area contributed by atoms with Gasteiger partial charge in [-0.05, 0) is 34.2 Å².